The molecule has 1 N–H and O–H groups in total. The molecule has 0 unspecified atom stereocenters. The summed E-state index contributed by atoms with van der Waals surface area (Å²) in [5, 5.41) is 3.82. The molecule has 0 radical (unpaired) electrons. The molecule has 0 bridgehead atoms. The minimum atomic E-state index is 0.429. The Morgan fingerprint density at radius 1 is 0.850 bits per heavy atom. The lowest BCUT2D eigenvalue weighted by atomic mass is 9.74. The number of hydrogen-bond acceptors (Lipinski definition) is 1. The Bertz CT molecular complexity index is 573. The zero-order chi connectivity index (χ0) is 14.1. The Morgan fingerprint density at radius 2 is 1.45 bits per heavy atom. The Labute approximate surface area is 122 Å². The zero-order valence-corrected chi connectivity index (χ0v) is 12.5. The third kappa shape index (κ3) is 2.27. The van der Waals surface area contributed by atoms with Crippen LogP contribution in [0.3, 0.4) is 0 Å². The van der Waals surface area contributed by atoms with Crippen LogP contribution in [0.1, 0.15) is 49.4 Å². The Morgan fingerprint density at radius 3 is 2.10 bits per heavy atom. The normalized spacial score (nSPS) is 25.5. The van der Waals surface area contributed by atoms with E-state index in [1.165, 1.54) is 16.7 Å². The molecule has 3 rings (SSSR count). The molecule has 0 amide bonds. The first-order valence-electron chi connectivity index (χ1n) is 7.58. The molecule has 2 aromatic rings. The zero-order valence-electron chi connectivity index (χ0n) is 12.5. The van der Waals surface area contributed by atoms with Crippen LogP contribution in [0.2, 0.25) is 0 Å². The summed E-state index contributed by atoms with van der Waals surface area (Å²) in [7, 11) is 0. The average Bonchev–Trinajstić information content (AvgIpc) is 2.48. The molecular formula is C19H23N. The maximum atomic E-state index is 3.82. The predicted octanol–water partition coefficient (Wildman–Crippen LogP) is 4.51. The van der Waals surface area contributed by atoms with Crippen LogP contribution >= 0.6 is 0 Å². The van der Waals surface area contributed by atoms with E-state index >= 15 is 0 Å². The second-order valence-electron chi connectivity index (χ2n) is 6.18. The Balaban J connectivity index is 2.14. The molecule has 1 aliphatic heterocycles. The van der Waals surface area contributed by atoms with Crippen molar-refractivity contribution in [1.82, 2.24) is 5.32 Å². The van der Waals surface area contributed by atoms with E-state index in [0.29, 0.717) is 23.9 Å². The molecule has 1 aliphatic rings. The highest BCUT2D eigenvalue weighted by Gasteiger charge is 2.34. The highest BCUT2D eigenvalue weighted by atomic mass is 15.0. The van der Waals surface area contributed by atoms with Gasteiger partial charge in [0.25, 0.3) is 0 Å². The second kappa shape index (κ2) is 5.41. The van der Waals surface area contributed by atoms with Crippen LogP contribution in [0, 0.1) is 5.92 Å². The second-order valence-corrected chi connectivity index (χ2v) is 6.18. The number of rotatable bonds is 2. The van der Waals surface area contributed by atoms with Crippen LogP contribution in [-0.4, -0.2) is 6.04 Å². The van der Waals surface area contributed by atoms with Crippen molar-refractivity contribution in [3.8, 4) is 0 Å². The van der Waals surface area contributed by atoms with Crippen molar-refractivity contribution in [3.63, 3.8) is 0 Å². The van der Waals surface area contributed by atoms with E-state index in [1.54, 1.807) is 0 Å². The summed E-state index contributed by atoms with van der Waals surface area (Å²) >= 11 is 0. The summed E-state index contributed by atoms with van der Waals surface area (Å²) in [5.74, 6) is 1.06. The number of fused-ring (bicyclic) bond motifs is 1. The third-order valence-electron chi connectivity index (χ3n) is 4.48. The summed E-state index contributed by atoms with van der Waals surface area (Å²) in [4.78, 5) is 0. The number of benzene rings is 2. The highest BCUT2D eigenvalue weighted by molar-refractivity contribution is 5.43. The average molecular weight is 265 g/mol. The molecule has 1 heterocycles. The molecule has 2 aromatic carbocycles. The SMILES string of the molecule is CC(C)[C@@H]1N[C@@H](C)c2ccccc2[C@H]1c1ccccc1. The topological polar surface area (TPSA) is 12.0 Å². The minimum absolute atomic E-state index is 0.429. The van der Waals surface area contributed by atoms with E-state index in [9.17, 15) is 0 Å². The van der Waals surface area contributed by atoms with Gasteiger partial charge in [-0.15, -0.1) is 0 Å². The lowest BCUT2D eigenvalue weighted by molar-refractivity contribution is 0.313. The Hall–Kier alpha value is -1.60. The summed E-state index contributed by atoms with van der Waals surface area (Å²) in [6, 6.07) is 20.7. The summed E-state index contributed by atoms with van der Waals surface area (Å²) in [6.45, 7) is 6.90. The van der Waals surface area contributed by atoms with Gasteiger partial charge in [0.15, 0.2) is 0 Å². The molecule has 0 spiro atoms. The van der Waals surface area contributed by atoms with Crippen LogP contribution in [0.15, 0.2) is 54.6 Å². The monoisotopic (exact) mass is 265 g/mol. The maximum Gasteiger partial charge on any atom is 0.0297 e. The molecule has 0 aliphatic carbocycles. The fraction of sp³-hybridized carbons (Fsp3) is 0.368. The van der Waals surface area contributed by atoms with Crippen molar-refractivity contribution in [2.45, 2.75) is 38.8 Å². The van der Waals surface area contributed by atoms with E-state index in [4.69, 9.17) is 0 Å². The van der Waals surface area contributed by atoms with Gasteiger partial charge in [-0.2, -0.15) is 0 Å². The maximum absolute atomic E-state index is 3.82. The van der Waals surface area contributed by atoms with E-state index in [2.05, 4.69) is 80.7 Å². The molecule has 0 saturated heterocycles. The van der Waals surface area contributed by atoms with E-state index in [1.807, 2.05) is 0 Å². The molecule has 0 saturated carbocycles. The number of hydrogen-bond donors (Lipinski definition) is 1. The van der Waals surface area contributed by atoms with Crippen molar-refractivity contribution in [2.75, 3.05) is 0 Å². The predicted molar refractivity (Wildman–Crippen MR) is 84.9 cm³/mol. The van der Waals surface area contributed by atoms with Gasteiger partial charge in [-0.05, 0) is 29.5 Å². The van der Waals surface area contributed by atoms with Gasteiger partial charge in [-0.25, -0.2) is 0 Å². The van der Waals surface area contributed by atoms with Gasteiger partial charge in [-0.1, -0.05) is 68.4 Å². The number of nitrogens with one attached hydrogen (secondary N) is 1. The largest absolute Gasteiger partial charge is 0.306 e. The van der Waals surface area contributed by atoms with E-state index < -0.39 is 0 Å². The van der Waals surface area contributed by atoms with Gasteiger partial charge in [0.05, 0.1) is 0 Å². The smallest absolute Gasteiger partial charge is 0.0297 e. The summed E-state index contributed by atoms with van der Waals surface area (Å²) in [6.07, 6.45) is 0. The van der Waals surface area contributed by atoms with Gasteiger partial charge >= 0.3 is 0 Å². The van der Waals surface area contributed by atoms with Crippen LogP contribution in [-0.2, 0) is 0 Å². The quantitative estimate of drug-likeness (QED) is 0.842. The molecule has 104 valence electrons. The first-order chi connectivity index (χ1) is 9.68. The molecule has 1 nitrogen and oxygen atoms in total. The third-order valence-corrected chi connectivity index (χ3v) is 4.48. The Kier molecular flexibility index (Phi) is 3.62. The molecule has 1 heteroatoms. The van der Waals surface area contributed by atoms with Crippen LogP contribution in [0.4, 0.5) is 0 Å². The summed E-state index contributed by atoms with van der Waals surface area (Å²) in [5.41, 5.74) is 4.35. The highest BCUT2D eigenvalue weighted by Crippen LogP contribution is 2.40. The van der Waals surface area contributed by atoms with E-state index in [-0.39, 0.29) is 0 Å². The first kappa shape index (κ1) is 13.4. The molecule has 3 atom stereocenters. The van der Waals surface area contributed by atoms with Gasteiger partial charge in [0, 0.05) is 18.0 Å². The lowest BCUT2D eigenvalue weighted by Gasteiger charge is -2.40. The van der Waals surface area contributed by atoms with Gasteiger partial charge in [0.1, 0.15) is 0 Å². The molecule has 0 aromatic heterocycles. The molecule has 20 heavy (non-hydrogen) atoms. The molecular weight excluding hydrogens is 242 g/mol. The fourth-order valence-corrected chi connectivity index (χ4v) is 3.48. The fourth-order valence-electron chi connectivity index (χ4n) is 3.48. The van der Waals surface area contributed by atoms with Gasteiger partial charge < -0.3 is 5.32 Å². The van der Waals surface area contributed by atoms with E-state index in [0.717, 1.165) is 0 Å². The van der Waals surface area contributed by atoms with Crippen LogP contribution in [0.5, 0.6) is 0 Å². The van der Waals surface area contributed by atoms with Crippen molar-refractivity contribution in [1.29, 1.82) is 0 Å². The van der Waals surface area contributed by atoms with Crippen LogP contribution in [0.25, 0.3) is 0 Å². The van der Waals surface area contributed by atoms with Gasteiger partial charge in [-0.3, -0.25) is 0 Å². The standard InChI is InChI=1S/C19H23N/c1-13(2)19-18(15-9-5-4-6-10-15)17-12-8-7-11-16(17)14(3)20-19/h4-14,18-20H,1-3H3/t14-,18+,19-/m0/s1. The van der Waals surface area contributed by atoms with Crippen LogP contribution < -0.4 is 5.32 Å². The van der Waals surface area contributed by atoms with Crippen molar-refractivity contribution >= 4 is 0 Å². The van der Waals surface area contributed by atoms with Crippen molar-refractivity contribution < 1.29 is 0 Å². The lowest BCUT2D eigenvalue weighted by Crippen LogP contribution is -2.45. The first-order valence-corrected chi connectivity index (χ1v) is 7.58. The van der Waals surface area contributed by atoms with Crippen molar-refractivity contribution in [3.05, 3.63) is 71.3 Å². The van der Waals surface area contributed by atoms with Gasteiger partial charge in [0.2, 0.25) is 0 Å². The summed E-state index contributed by atoms with van der Waals surface area (Å²) < 4.78 is 0. The minimum Gasteiger partial charge on any atom is -0.306 e. The van der Waals surface area contributed by atoms with Crippen molar-refractivity contribution in [2.24, 2.45) is 5.92 Å². The molecule has 0 fully saturated rings.